The van der Waals surface area contributed by atoms with Gasteiger partial charge in [0.2, 0.25) is 5.75 Å². The van der Waals surface area contributed by atoms with E-state index in [4.69, 9.17) is 14.2 Å². The van der Waals surface area contributed by atoms with E-state index in [1.54, 1.807) is 42.1 Å². The quantitative estimate of drug-likeness (QED) is 0.329. The van der Waals surface area contributed by atoms with Crippen molar-refractivity contribution in [2.24, 2.45) is 0 Å². The van der Waals surface area contributed by atoms with Crippen LogP contribution in [0.15, 0.2) is 53.3 Å². The lowest BCUT2D eigenvalue weighted by atomic mass is 10.1. The van der Waals surface area contributed by atoms with Gasteiger partial charge in [0.05, 0.1) is 25.8 Å². The summed E-state index contributed by atoms with van der Waals surface area (Å²) in [6.45, 7) is 1.82. The zero-order valence-electron chi connectivity index (χ0n) is 19.9. The molecule has 4 aromatic rings. The number of benzene rings is 2. The minimum Gasteiger partial charge on any atom is -0.493 e. The molecule has 2 aromatic heterocycles. The Morgan fingerprint density at radius 2 is 1.75 bits per heavy atom. The lowest BCUT2D eigenvalue weighted by molar-refractivity contribution is 0.0944. The van der Waals surface area contributed by atoms with Gasteiger partial charge in [0, 0.05) is 30.6 Å². The minimum absolute atomic E-state index is 0.00891. The Bertz CT molecular complexity index is 1420. The average molecular weight is 561 g/mol. The van der Waals surface area contributed by atoms with Crippen molar-refractivity contribution in [3.05, 3.63) is 81.7 Å². The molecule has 8 nitrogen and oxygen atoms in total. The van der Waals surface area contributed by atoms with E-state index < -0.39 is 17.5 Å². The highest BCUT2D eigenvalue weighted by Gasteiger charge is 2.25. The molecule has 0 unspecified atom stereocenters. The van der Waals surface area contributed by atoms with Crippen LogP contribution in [0.25, 0.3) is 11.5 Å². The first-order valence-electron chi connectivity index (χ1n) is 10.7. The summed E-state index contributed by atoms with van der Waals surface area (Å²) >= 11 is 3.50. The molecular weight excluding hydrogens is 538 g/mol. The standard InChI is InChI=1S/C25H23BrF2N4O4/c1-14-21(24(33)29-13-15-11-19(34-2)22(35-3)23(36-4)20(15)26)30-32(25(14)31-9-5-6-10-31)18-8-7-16(27)12-17(18)28/h5-12H,13H2,1-4H3,(H,29,33). The van der Waals surface area contributed by atoms with Crippen LogP contribution in [0.5, 0.6) is 17.2 Å². The summed E-state index contributed by atoms with van der Waals surface area (Å²) in [5.74, 6) is -0.287. The van der Waals surface area contributed by atoms with Crippen LogP contribution in [-0.2, 0) is 6.54 Å². The number of carbonyl (C=O) groups excluding carboxylic acids is 1. The monoisotopic (exact) mass is 560 g/mol. The molecule has 0 fully saturated rings. The van der Waals surface area contributed by atoms with Crippen LogP contribution >= 0.6 is 15.9 Å². The smallest absolute Gasteiger partial charge is 0.272 e. The summed E-state index contributed by atoms with van der Waals surface area (Å²) in [7, 11) is 4.50. The highest BCUT2D eigenvalue weighted by atomic mass is 79.9. The number of aromatic nitrogens is 3. The molecule has 0 saturated carbocycles. The second-order valence-electron chi connectivity index (χ2n) is 7.70. The van der Waals surface area contributed by atoms with Crippen molar-refractivity contribution in [1.82, 2.24) is 19.7 Å². The molecule has 0 bridgehead atoms. The molecule has 11 heteroatoms. The Balaban J connectivity index is 1.71. The van der Waals surface area contributed by atoms with Crippen molar-refractivity contribution in [3.63, 3.8) is 0 Å². The molecule has 0 radical (unpaired) electrons. The molecule has 0 aliphatic heterocycles. The van der Waals surface area contributed by atoms with Gasteiger partial charge in [0.15, 0.2) is 23.0 Å². The first-order chi connectivity index (χ1) is 17.3. The van der Waals surface area contributed by atoms with Gasteiger partial charge in [-0.25, -0.2) is 13.5 Å². The third kappa shape index (κ3) is 4.53. The first kappa shape index (κ1) is 25.2. The van der Waals surface area contributed by atoms with Gasteiger partial charge in [-0.2, -0.15) is 5.10 Å². The largest absolute Gasteiger partial charge is 0.493 e. The molecule has 4 rings (SSSR count). The molecule has 0 aliphatic rings. The van der Waals surface area contributed by atoms with E-state index in [1.807, 2.05) is 0 Å². The van der Waals surface area contributed by atoms with E-state index in [0.29, 0.717) is 38.7 Å². The molecule has 188 valence electrons. The first-order valence-corrected chi connectivity index (χ1v) is 11.5. The molecule has 2 aromatic carbocycles. The maximum atomic E-state index is 14.7. The molecule has 0 saturated heterocycles. The third-order valence-electron chi connectivity index (χ3n) is 5.58. The van der Waals surface area contributed by atoms with Gasteiger partial charge in [-0.15, -0.1) is 0 Å². The van der Waals surface area contributed by atoms with Crippen LogP contribution < -0.4 is 19.5 Å². The fourth-order valence-corrected chi connectivity index (χ4v) is 4.46. The molecule has 0 spiro atoms. The Morgan fingerprint density at radius 3 is 2.36 bits per heavy atom. The molecule has 0 atom stereocenters. The minimum atomic E-state index is -0.806. The summed E-state index contributed by atoms with van der Waals surface area (Å²) in [5.41, 5.74) is 1.28. The van der Waals surface area contributed by atoms with Crippen LogP contribution in [0, 0.1) is 18.6 Å². The highest BCUT2D eigenvalue weighted by molar-refractivity contribution is 9.10. The lowest BCUT2D eigenvalue weighted by Gasteiger charge is -2.17. The number of rotatable bonds is 8. The van der Waals surface area contributed by atoms with Crippen LogP contribution in [0.2, 0.25) is 0 Å². The summed E-state index contributed by atoms with van der Waals surface area (Å²) in [4.78, 5) is 13.2. The number of nitrogens with one attached hydrogen (secondary N) is 1. The van der Waals surface area contributed by atoms with Crippen LogP contribution in [-0.4, -0.2) is 41.6 Å². The number of halogens is 3. The van der Waals surface area contributed by atoms with E-state index in [-0.39, 0.29) is 17.9 Å². The van der Waals surface area contributed by atoms with Crippen LogP contribution in [0.1, 0.15) is 21.6 Å². The Labute approximate surface area is 214 Å². The van der Waals surface area contributed by atoms with E-state index in [1.165, 1.54) is 32.1 Å². The van der Waals surface area contributed by atoms with Crippen molar-refractivity contribution in [3.8, 4) is 28.8 Å². The van der Waals surface area contributed by atoms with Crippen LogP contribution in [0.4, 0.5) is 8.78 Å². The van der Waals surface area contributed by atoms with Gasteiger partial charge in [0.1, 0.15) is 17.3 Å². The number of amides is 1. The van der Waals surface area contributed by atoms with Gasteiger partial charge >= 0.3 is 0 Å². The number of hydrogen-bond donors (Lipinski definition) is 1. The fourth-order valence-electron chi connectivity index (χ4n) is 3.86. The number of hydrogen-bond acceptors (Lipinski definition) is 5. The number of methoxy groups -OCH3 is 3. The van der Waals surface area contributed by atoms with E-state index >= 15 is 0 Å². The molecular formula is C25H23BrF2N4O4. The summed E-state index contributed by atoms with van der Waals surface area (Å²) < 4.78 is 48.0. The summed E-state index contributed by atoms with van der Waals surface area (Å²) in [6.07, 6.45) is 3.49. The number of carbonyl (C=O) groups is 1. The maximum absolute atomic E-state index is 14.7. The molecule has 0 aliphatic carbocycles. The van der Waals surface area contributed by atoms with Gasteiger partial charge in [0.25, 0.3) is 5.91 Å². The molecule has 1 amide bonds. The zero-order valence-corrected chi connectivity index (χ0v) is 21.5. The fraction of sp³-hybridized carbons (Fsp3) is 0.200. The third-order valence-corrected chi connectivity index (χ3v) is 6.45. The Kier molecular flexibility index (Phi) is 7.30. The molecule has 36 heavy (non-hydrogen) atoms. The lowest BCUT2D eigenvalue weighted by Crippen LogP contribution is -2.24. The van der Waals surface area contributed by atoms with Gasteiger partial charge in [-0.1, -0.05) is 0 Å². The zero-order chi connectivity index (χ0) is 26.0. The van der Waals surface area contributed by atoms with Gasteiger partial charge in [-0.05, 0) is 58.7 Å². The number of nitrogens with zero attached hydrogens (tertiary/aromatic N) is 3. The normalized spacial score (nSPS) is 10.9. The second-order valence-corrected chi connectivity index (χ2v) is 8.49. The topological polar surface area (TPSA) is 79.5 Å². The summed E-state index contributed by atoms with van der Waals surface area (Å²) in [6, 6.07) is 8.48. The predicted molar refractivity (Wildman–Crippen MR) is 133 cm³/mol. The maximum Gasteiger partial charge on any atom is 0.272 e. The SMILES string of the molecule is COc1cc(CNC(=O)c2nn(-c3ccc(F)cc3F)c(-n3cccc3)c2C)c(Br)c(OC)c1OC. The van der Waals surface area contributed by atoms with Crippen molar-refractivity contribution in [2.75, 3.05) is 21.3 Å². The molecule has 2 heterocycles. The van der Waals surface area contributed by atoms with Crippen molar-refractivity contribution in [2.45, 2.75) is 13.5 Å². The average Bonchev–Trinajstić information content (AvgIpc) is 3.50. The van der Waals surface area contributed by atoms with Crippen LogP contribution in [0.3, 0.4) is 0 Å². The van der Waals surface area contributed by atoms with E-state index in [0.717, 1.165) is 12.1 Å². The predicted octanol–water partition coefficient (Wildman–Crippen LogP) is 4.97. The highest BCUT2D eigenvalue weighted by Crippen LogP contribution is 2.44. The van der Waals surface area contributed by atoms with E-state index in [2.05, 4.69) is 26.3 Å². The van der Waals surface area contributed by atoms with Crippen molar-refractivity contribution in [1.29, 1.82) is 0 Å². The summed E-state index contributed by atoms with van der Waals surface area (Å²) in [5, 5.41) is 7.23. The Hall–Kier alpha value is -3.86. The molecule has 1 N–H and O–H groups in total. The van der Waals surface area contributed by atoms with Gasteiger partial charge in [-0.3, -0.25) is 4.79 Å². The second kappa shape index (κ2) is 10.4. The van der Waals surface area contributed by atoms with E-state index in [9.17, 15) is 13.6 Å². The number of ether oxygens (including phenoxy) is 3. The Morgan fingerprint density at radius 1 is 1.06 bits per heavy atom. The van der Waals surface area contributed by atoms with Crippen molar-refractivity contribution < 1.29 is 27.8 Å². The van der Waals surface area contributed by atoms with Gasteiger partial charge < -0.3 is 24.1 Å². The van der Waals surface area contributed by atoms with Crippen molar-refractivity contribution >= 4 is 21.8 Å².